The molecule has 0 spiro atoms. The summed E-state index contributed by atoms with van der Waals surface area (Å²) in [6.07, 6.45) is 3.65. The van der Waals surface area contributed by atoms with Crippen LogP contribution in [-0.4, -0.2) is 26.8 Å². The Labute approximate surface area is 168 Å². The Balaban J connectivity index is 1.57. The minimum Gasteiger partial charge on any atom is -0.326 e. The number of hydrogen-bond acceptors (Lipinski definition) is 4. The van der Waals surface area contributed by atoms with Gasteiger partial charge in [0.15, 0.2) is 0 Å². The summed E-state index contributed by atoms with van der Waals surface area (Å²) >= 11 is 1.47. The molecule has 3 rings (SSSR count). The first kappa shape index (κ1) is 19.7. The number of carbonyl (C=O) groups is 2. The topological polar surface area (TPSA) is 76.0 Å². The fourth-order valence-corrected chi connectivity index (χ4v) is 3.52. The van der Waals surface area contributed by atoms with E-state index in [0.717, 1.165) is 21.8 Å². The maximum Gasteiger partial charge on any atom is 0.237 e. The summed E-state index contributed by atoms with van der Waals surface area (Å²) in [6, 6.07) is 17.1. The predicted molar refractivity (Wildman–Crippen MR) is 112 cm³/mol. The molecule has 2 N–H and O–H groups in total. The second-order valence-corrected chi connectivity index (χ2v) is 7.77. The number of anilines is 2. The van der Waals surface area contributed by atoms with Crippen LogP contribution in [0, 0.1) is 0 Å². The molecule has 28 heavy (non-hydrogen) atoms. The molecule has 1 unspecified atom stereocenters. The highest BCUT2D eigenvalue weighted by Gasteiger charge is 2.15. The predicted octanol–water partition coefficient (Wildman–Crippen LogP) is 4.01. The number of nitrogens with zero attached hydrogens (tertiary/aromatic N) is 2. The number of hydrogen-bond donors (Lipinski definition) is 2. The summed E-state index contributed by atoms with van der Waals surface area (Å²) in [5.41, 5.74) is 2.57. The van der Waals surface area contributed by atoms with Crippen molar-refractivity contribution in [2.75, 3.05) is 10.6 Å². The molecule has 0 saturated carbocycles. The first-order chi connectivity index (χ1) is 13.5. The van der Waals surface area contributed by atoms with E-state index in [1.54, 1.807) is 6.20 Å². The molecule has 0 saturated heterocycles. The van der Waals surface area contributed by atoms with Crippen LogP contribution in [0.15, 0.2) is 71.9 Å². The van der Waals surface area contributed by atoms with Crippen molar-refractivity contribution in [1.82, 2.24) is 9.78 Å². The molecule has 2 amide bonds. The van der Waals surface area contributed by atoms with Gasteiger partial charge in [-0.25, -0.2) is 0 Å². The van der Waals surface area contributed by atoms with Crippen LogP contribution in [-0.2, 0) is 16.1 Å². The molecule has 0 aliphatic rings. The number of carbonyl (C=O) groups excluding carboxylic acids is 2. The standard InChI is InChI=1S/C21H22N4O2S/c1-15(28-20-9-7-18(8-10-20)23-16(2)26)21(27)24-19-6-3-5-17(13-19)14-25-12-4-11-22-25/h3-13,15H,14H2,1-2H3,(H,23,26)(H,24,27). The molecule has 6 nitrogen and oxygen atoms in total. The summed E-state index contributed by atoms with van der Waals surface area (Å²) in [6.45, 7) is 4.00. The van der Waals surface area contributed by atoms with Gasteiger partial charge < -0.3 is 10.6 Å². The average molecular weight is 395 g/mol. The van der Waals surface area contributed by atoms with Gasteiger partial charge in [-0.05, 0) is 55.0 Å². The van der Waals surface area contributed by atoms with Crippen molar-refractivity contribution in [2.24, 2.45) is 0 Å². The second kappa shape index (κ2) is 9.23. The summed E-state index contributed by atoms with van der Waals surface area (Å²) < 4.78 is 1.84. The van der Waals surface area contributed by atoms with Gasteiger partial charge in [-0.15, -0.1) is 11.8 Å². The van der Waals surface area contributed by atoms with Crippen molar-refractivity contribution < 1.29 is 9.59 Å². The largest absolute Gasteiger partial charge is 0.326 e. The zero-order chi connectivity index (χ0) is 19.9. The van der Waals surface area contributed by atoms with Gasteiger partial charge in [-0.3, -0.25) is 14.3 Å². The van der Waals surface area contributed by atoms with Crippen molar-refractivity contribution in [1.29, 1.82) is 0 Å². The van der Waals surface area contributed by atoms with E-state index >= 15 is 0 Å². The summed E-state index contributed by atoms with van der Waals surface area (Å²) in [5, 5.41) is 9.64. The Morgan fingerprint density at radius 2 is 1.86 bits per heavy atom. The number of aromatic nitrogens is 2. The number of thioether (sulfide) groups is 1. The highest BCUT2D eigenvalue weighted by molar-refractivity contribution is 8.00. The third-order valence-electron chi connectivity index (χ3n) is 3.96. The highest BCUT2D eigenvalue weighted by Crippen LogP contribution is 2.25. The Morgan fingerprint density at radius 1 is 1.07 bits per heavy atom. The quantitative estimate of drug-likeness (QED) is 0.594. The lowest BCUT2D eigenvalue weighted by Crippen LogP contribution is -2.22. The molecule has 0 bridgehead atoms. The van der Waals surface area contributed by atoms with Gasteiger partial charge in [0.1, 0.15) is 0 Å². The fraction of sp³-hybridized carbons (Fsp3) is 0.190. The van der Waals surface area contributed by atoms with Gasteiger partial charge in [0.05, 0.1) is 11.8 Å². The van der Waals surface area contributed by atoms with Crippen molar-refractivity contribution >= 4 is 35.0 Å². The molecule has 0 fully saturated rings. The number of rotatable bonds is 7. The molecule has 2 aromatic carbocycles. The Hall–Kier alpha value is -3.06. The van der Waals surface area contributed by atoms with Crippen LogP contribution >= 0.6 is 11.8 Å². The molecule has 0 aliphatic heterocycles. The maximum atomic E-state index is 12.6. The van der Waals surface area contributed by atoms with Gasteiger partial charge in [-0.1, -0.05) is 12.1 Å². The molecule has 1 atom stereocenters. The van der Waals surface area contributed by atoms with E-state index in [4.69, 9.17) is 0 Å². The van der Waals surface area contributed by atoms with Crippen LogP contribution in [0.5, 0.6) is 0 Å². The Bertz CT molecular complexity index is 939. The zero-order valence-corrected chi connectivity index (χ0v) is 16.6. The monoisotopic (exact) mass is 394 g/mol. The van der Waals surface area contributed by atoms with E-state index in [-0.39, 0.29) is 17.1 Å². The zero-order valence-electron chi connectivity index (χ0n) is 15.8. The maximum absolute atomic E-state index is 12.6. The lowest BCUT2D eigenvalue weighted by Gasteiger charge is -2.13. The normalized spacial score (nSPS) is 11.6. The summed E-state index contributed by atoms with van der Waals surface area (Å²) in [4.78, 5) is 24.6. The molecular formula is C21H22N4O2S. The lowest BCUT2D eigenvalue weighted by molar-refractivity contribution is -0.115. The van der Waals surface area contributed by atoms with Crippen LogP contribution in [0.2, 0.25) is 0 Å². The molecule has 3 aromatic rings. The first-order valence-corrected chi connectivity index (χ1v) is 9.79. The summed E-state index contributed by atoms with van der Waals surface area (Å²) in [7, 11) is 0. The van der Waals surface area contributed by atoms with Crippen LogP contribution in [0.4, 0.5) is 11.4 Å². The number of nitrogens with one attached hydrogen (secondary N) is 2. The van der Waals surface area contributed by atoms with Crippen LogP contribution in [0.3, 0.4) is 0 Å². The lowest BCUT2D eigenvalue weighted by atomic mass is 10.2. The minimum absolute atomic E-state index is 0.0628. The van der Waals surface area contributed by atoms with E-state index in [9.17, 15) is 9.59 Å². The molecule has 1 heterocycles. The highest BCUT2D eigenvalue weighted by atomic mass is 32.2. The first-order valence-electron chi connectivity index (χ1n) is 8.91. The third kappa shape index (κ3) is 5.72. The van der Waals surface area contributed by atoms with Crippen LogP contribution in [0.1, 0.15) is 19.4 Å². The fourth-order valence-electron chi connectivity index (χ4n) is 2.65. The Morgan fingerprint density at radius 3 is 2.54 bits per heavy atom. The Kier molecular flexibility index (Phi) is 6.49. The van der Waals surface area contributed by atoms with Crippen molar-refractivity contribution in [3.8, 4) is 0 Å². The SMILES string of the molecule is CC(=O)Nc1ccc(SC(C)C(=O)Nc2cccc(Cn3cccn3)c2)cc1. The number of amides is 2. The molecule has 144 valence electrons. The van der Waals surface area contributed by atoms with E-state index in [0.29, 0.717) is 6.54 Å². The van der Waals surface area contributed by atoms with Crippen molar-refractivity contribution in [2.45, 2.75) is 30.5 Å². The van der Waals surface area contributed by atoms with Crippen LogP contribution < -0.4 is 10.6 Å². The summed E-state index contributed by atoms with van der Waals surface area (Å²) in [5.74, 6) is -0.171. The van der Waals surface area contributed by atoms with E-state index in [2.05, 4.69) is 15.7 Å². The molecule has 0 radical (unpaired) electrons. The molecule has 0 aliphatic carbocycles. The van der Waals surface area contributed by atoms with Gasteiger partial charge in [0, 0.05) is 35.6 Å². The van der Waals surface area contributed by atoms with E-state index < -0.39 is 0 Å². The average Bonchev–Trinajstić information content (AvgIpc) is 3.16. The molecule has 1 aromatic heterocycles. The van der Waals surface area contributed by atoms with Gasteiger partial charge >= 0.3 is 0 Å². The van der Waals surface area contributed by atoms with Gasteiger partial charge in [0.25, 0.3) is 0 Å². The van der Waals surface area contributed by atoms with Gasteiger partial charge in [-0.2, -0.15) is 5.10 Å². The molecule has 7 heteroatoms. The second-order valence-electron chi connectivity index (χ2n) is 6.36. The molecular weight excluding hydrogens is 372 g/mol. The van der Waals surface area contributed by atoms with Gasteiger partial charge in [0.2, 0.25) is 11.8 Å². The van der Waals surface area contributed by atoms with Crippen molar-refractivity contribution in [3.05, 3.63) is 72.6 Å². The smallest absolute Gasteiger partial charge is 0.237 e. The van der Waals surface area contributed by atoms with Crippen LogP contribution in [0.25, 0.3) is 0 Å². The van der Waals surface area contributed by atoms with E-state index in [1.807, 2.05) is 72.4 Å². The minimum atomic E-state index is -0.263. The third-order valence-corrected chi connectivity index (χ3v) is 5.07. The number of benzene rings is 2. The van der Waals surface area contributed by atoms with E-state index in [1.165, 1.54) is 18.7 Å². The van der Waals surface area contributed by atoms with Crippen molar-refractivity contribution in [3.63, 3.8) is 0 Å².